The van der Waals surface area contributed by atoms with Crippen LogP contribution in [0.2, 0.25) is 0 Å². The molecule has 62 heavy (non-hydrogen) atoms. The number of hydrogen-bond acceptors (Lipinski definition) is 14. The van der Waals surface area contributed by atoms with Gasteiger partial charge in [0.1, 0.15) is 29.4 Å². The molecule has 12 N–H and O–H groups in total. The number of nitrogens with one attached hydrogen (secondary N) is 6. The zero-order chi connectivity index (χ0) is 47.0. The summed E-state index contributed by atoms with van der Waals surface area (Å²) >= 11 is 0. The highest BCUT2D eigenvalue weighted by molar-refractivity contribution is 6.47. The molecular formula is C41H76BN9O11. The molecule has 21 heteroatoms. The van der Waals surface area contributed by atoms with E-state index in [0.717, 1.165) is 12.8 Å². The Morgan fingerprint density at radius 3 is 1.90 bits per heavy atom. The van der Waals surface area contributed by atoms with Crippen molar-refractivity contribution in [2.24, 2.45) is 40.4 Å². The van der Waals surface area contributed by atoms with Crippen LogP contribution < -0.4 is 49.1 Å². The summed E-state index contributed by atoms with van der Waals surface area (Å²) in [5.74, 6) is -2.24. The van der Waals surface area contributed by atoms with Gasteiger partial charge in [0.15, 0.2) is 6.17 Å². The second kappa shape index (κ2) is 21.8. The highest BCUT2D eigenvalue weighted by atomic mass is 16.7. The fourth-order valence-electron chi connectivity index (χ4n) is 8.07. The lowest BCUT2D eigenvalue weighted by Gasteiger charge is -2.64. The molecule has 0 radical (unpaired) electrons. The minimum Gasteiger partial charge on any atom is -0.444 e. The standard InChI is InChI=1S/C41H76BN9O11/c1-22(2)21-58-23(3)29(49-31(52)25(43)16-18-47-37(57)60-39(7,8)9)33(54)50-30(44)34(55)48-26(15-13-14-17-46-36(56)59-38(4,5)6)32(53)51-35(45)42-61-28-20-24-19-27(40(24,10)11)41(28,12)62-42/h22-30,35H,13-21,43-45H2,1-12H3,(H,46,56)(H,47,57)(H,48,55)(H,49,52)(H,50,54)(H,51,53)/t23-,24+,25+,26+,27+,28?,29+,30-,35-,41+/m1/s1. The number of unbranched alkanes of at least 4 members (excludes halogenated alkanes) is 1. The second-order valence-electron chi connectivity index (χ2n) is 20.1. The van der Waals surface area contributed by atoms with Gasteiger partial charge in [-0.1, -0.05) is 27.7 Å². The maximum Gasteiger partial charge on any atom is 0.497 e. The van der Waals surface area contributed by atoms with Crippen LogP contribution in [0.4, 0.5) is 9.59 Å². The van der Waals surface area contributed by atoms with Crippen LogP contribution in [-0.4, -0.2) is 122 Å². The Bertz CT molecular complexity index is 1580. The van der Waals surface area contributed by atoms with Crippen molar-refractivity contribution in [1.29, 1.82) is 0 Å². The first kappa shape index (κ1) is 52.6. The van der Waals surface area contributed by atoms with E-state index in [0.29, 0.717) is 18.8 Å². The first-order valence-corrected chi connectivity index (χ1v) is 21.9. The van der Waals surface area contributed by atoms with Gasteiger partial charge in [-0.2, -0.15) is 0 Å². The molecule has 2 bridgehead atoms. The van der Waals surface area contributed by atoms with Crippen LogP contribution in [-0.2, 0) is 42.7 Å². The molecule has 4 rings (SSSR count). The molecule has 0 aromatic rings. The van der Waals surface area contributed by atoms with Crippen LogP contribution >= 0.6 is 0 Å². The summed E-state index contributed by atoms with van der Waals surface area (Å²) in [6, 6.07) is -4.74. The quantitative estimate of drug-likeness (QED) is 0.0442. The van der Waals surface area contributed by atoms with Crippen LogP contribution in [0.5, 0.6) is 0 Å². The van der Waals surface area contributed by atoms with Crippen LogP contribution in [0.15, 0.2) is 0 Å². The third-order valence-corrected chi connectivity index (χ3v) is 11.6. The van der Waals surface area contributed by atoms with E-state index in [1.807, 2.05) is 20.8 Å². The summed E-state index contributed by atoms with van der Waals surface area (Å²) < 4.78 is 29.0. The summed E-state index contributed by atoms with van der Waals surface area (Å²) in [4.78, 5) is 78.5. The summed E-state index contributed by atoms with van der Waals surface area (Å²) in [6.45, 7) is 22.8. The van der Waals surface area contributed by atoms with Gasteiger partial charge in [-0.3, -0.25) is 19.2 Å². The minimum atomic E-state index is -1.68. The van der Waals surface area contributed by atoms with Gasteiger partial charge in [0.2, 0.25) is 17.7 Å². The SMILES string of the molecule is CC(C)CO[C@H](C)[C@H](NC(=O)[C@@H](N)CCNC(=O)OC(C)(C)C)C(=O)N[C@@H](N)C(=O)N[C@@H](CCCCNC(=O)OC(C)(C)C)C(=O)N[C@@H](N)B1OC2C[C@@H]3C[C@@H](C3(C)C)[C@]2(C)O1. The molecule has 1 unspecified atom stereocenters. The molecule has 1 saturated heterocycles. The van der Waals surface area contributed by atoms with E-state index in [4.69, 9.17) is 40.7 Å². The minimum absolute atomic E-state index is 0.0184. The third kappa shape index (κ3) is 15.2. The van der Waals surface area contributed by atoms with Gasteiger partial charge in [-0.25, -0.2) is 9.59 Å². The van der Waals surface area contributed by atoms with Crippen molar-refractivity contribution in [3.63, 3.8) is 0 Å². The predicted octanol–water partition coefficient (Wildman–Crippen LogP) is 1.02. The highest BCUT2D eigenvalue weighted by Gasteiger charge is 2.68. The highest BCUT2D eigenvalue weighted by Crippen LogP contribution is 2.65. The van der Waals surface area contributed by atoms with Crippen molar-refractivity contribution in [2.45, 2.75) is 181 Å². The van der Waals surface area contributed by atoms with Crippen molar-refractivity contribution < 1.29 is 52.3 Å². The molecule has 0 aromatic carbocycles. The van der Waals surface area contributed by atoms with E-state index < -0.39 is 96.2 Å². The lowest BCUT2D eigenvalue weighted by molar-refractivity contribution is -0.199. The largest absolute Gasteiger partial charge is 0.497 e. The van der Waals surface area contributed by atoms with Gasteiger partial charge in [0, 0.05) is 19.7 Å². The number of ether oxygens (including phenoxy) is 3. The fraction of sp³-hybridized carbons (Fsp3) is 0.854. The summed E-state index contributed by atoms with van der Waals surface area (Å²) in [7, 11) is -0.929. The van der Waals surface area contributed by atoms with Crippen molar-refractivity contribution >= 4 is 42.9 Å². The Morgan fingerprint density at radius 2 is 1.34 bits per heavy atom. The number of amides is 6. The number of hydrogen-bond donors (Lipinski definition) is 9. The molecule has 4 fully saturated rings. The molecule has 20 nitrogen and oxygen atoms in total. The van der Waals surface area contributed by atoms with Gasteiger partial charge in [0.05, 0.1) is 23.9 Å². The molecular weight excluding hydrogens is 805 g/mol. The Hall–Kier alpha value is -3.76. The van der Waals surface area contributed by atoms with Crippen molar-refractivity contribution in [2.75, 3.05) is 19.7 Å². The van der Waals surface area contributed by atoms with Gasteiger partial charge in [-0.15, -0.1) is 0 Å². The number of rotatable bonds is 21. The zero-order valence-corrected chi connectivity index (χ0v) is 38.9. The van der Waals surface area contributed by atoms with Crippen LogP contribution in [0.3, 0.4) is 0 Å². The lowest BCUT2D eigenvalue weighted by Crippen LogP contribution is -2.65. The van der Waals surface area contributed by atoms with E-state index >= 15 is 0 Å². The van der Waals surface area contributed by atoms with E-state index in [1.165, 1.54) is 0 Å². The Labute approximate surface area is 367 Å². The van der Waals surface area contributed by atoms with Crippen LogP contribution in [0.1, 0.15) is 122 Å². The molecule has 10 atom stereocenters. The van der Waals surface area contributed by atoms with E-state index in [1.54, 1.807) is 48.5 Å². The van der Waals surface area contributed by atoms with Crippen molar-refractivity contribution in [1.82, 2.24) is 31.9 Å². The Morgan fingerprint density at radius 1 is 0.742 bits per heavy atom. The molecule has 1 aliphatic heterocycles. The van der Waals surface area contributed by atoms with Crippen molar-refractivity contribution in [3.8, 4) is 0 Å². The number of carbonyl (C=O) groups is 6. The normalized spacial score (nSPS) is 24.5. The molecule has 1 heterocycles. The average molecular weight is 882 g/mol. The molecule has 3 aliphatic carbocycles. The Kier molecular flexibility index (Phi) is 18.4. The molecule has 3 saturated carbocycles. The average Bonchev–Trinajstić information content (AvgIpc) is 3.51. The van der Waals surface area contributed by atoms with E-state index in [2.05, 4.69) is 45.7 Å². The number of nitrogens with two attached hydrogens (primary N) is 3. The van der Waals surface area contributed by atoms with Gasteiger partial charge in [0.25, 0.3) is 5.91 Å². The van der Waals surface area contributed by atoms with E-state index in [-0.39, 0.29) is 55.9 Å². The predicted molar refractivity (Wildman–Crippen MR) is 231 cm³/mol. The van der Waals surface area contributed by atoms with Gasteiger partial charge >= 0.3 is 19.3 Å². The fourth-order valence-corrected chi connectivity index (χ4v) is 8.07. The summed E-state index contributed by atoms with van der Waals surface area (Å²) in [6.07, 6.45) is -1.23. The van der Waals surface area contributed by atoms with Crippen molar-refractivity contribution in [3.05, 3.63) is 0 Å². The lowest BCUT2D eigenvalue weighted by atomic mass is 9.43. The number of carbonyl (C=O) groups excluding carboxylic acids is 6. The Balaban J connectivity index is 1.67. The first-order valence-electron chi connectivity index (χ1n) is 21.9. The summed E-state index contributed by atoms with van der Waals surface area (Å²) in [5.41, 5.74) is 16.9. The van der Waals surface area contributed by atoms with Gasteiger partial charge < -0.3 is 72.6 Å². The van der Waals surface area contributed by atoms with Crippen LogP contribution in [0.25, 0.3) is 0 Å². The molecule has 0 spiro atoms. The van der Waals surface area contributed by atoms with E-state index in [9.17, 15) is 28.8 Å². The molecule has 4 aliphatic rings. The zero-order valence-electron chi connectivity index (χ0n) is 38.9. The summed E-state index contributed by atoms with van der Waals surface area (Å²) in [5, 5.41) is 15.6. The molecule has 0 aromatic heterocycles. The first-order chi connectivity index (χ1) is 28.5. The van der Waals surface area contributed by atoms with Crippen LogP contribution in [0, 0.1) is 23.2 Å². The monoisotopic (exact) mass is 882 g/mol. The molecule has 6 amide bonds. The second-order valence-corrected chi connectivity index (χ2v) is 20.1. The third-order valence-electron chi connectivity index (χ3n) is 11.6. The topological polar surface area (TPSA) is 299 Å². The maximum atomic E-state index is 13.8. The number of alkyl carbamates (subject to hydrolysis) is 2. The maximum absolute atomic E-state index is 13.8. The van der Waals surface area contributed by atoms with Gasteiger partial charge in [-0.05, 0) is 117 Å². The molecule has 354 valence electrons. The smallest absolute Gasteiger partial charge is 0.444 e.